The Kier molecular flexibility index (Phi) is 4.53. The van der Waals surface area contributed by atoms with E-state index >= 15 is 0 Å². The van der Waals surface area contributed by atoms with Crippen LogP contribution >= 0.6 is 11.6 Å². The number of carbonyl (C=O) groups is 2. The molecule has 2 rings (SSSR count). The Morgan fingerprint density at radius 3 is 2.65 bits per heavy atom. The molecule has 0 amide bonds. The summed E-state index contributed by atoms with van der Waals surface area (Å²) < 4.78 is 5.56. The predicted octanol–water partition coefficient (Wildman–Crippen LogP) is 3.80. The monoisotopic (exact) mass is 288 g/mol. The van der Waals surface area contributed by atoms with Crippen molar-refractivity contribution in [3.05, 3.63) is 64.7 Å². The van der Waals surface area contributed by atoms with Gasteiger partial charge in [0.1, 0.15) is 12.0 Å². The van der Waals surface area contributed by atoms with Crippen LogP contribution in [0, 0.1) is 0 Å². The van der Waals surface area contributed by atoms with Gasteiger partial charge in [-0.05, 0) is 31.2 Å². The summed E-state index contributed by atoms with van der Waals surface area (Å²) in [5, 5.41) is 0.506. The number of Topliss-reactive ketones (excluding diaryl/α,β-unsaturated/α-hetero) is 1. The molecule has 1 unspecified atom stereocenters. The van der Waals surface area contributed by atoms with E-state index in [4.69, 9.17) is 16.3 Å². The van der Waals surface area contributed by atoms with Crippen LogP contribution in [0.2, 0.25) is 5.02 Å². The second kappa shape index (κ2) is 6.35. The zero-order valence-electron chi connectivity index (χ0n) is 10.9. The molecule has 0 aliphatic rings. The van der Waals surface area contributed by atoms with Crippen molar-refractivity contribution in [1.82, 2.24) is 0 Å². The highest BCUT2D eigenvalue weighted by Crippen LogP contribution is 2.17. The molecular weight excluding hydrogens is 276 g/mol. The first-order chi connectivity index (χ1) is 9.60. The van der Waals surface area contributed by atoms with E-state index in [0.717, 1.165) is 6.29 Å². The van der Waals surface area contributed by atoms with Gasteiger partial charge in [-0.1, -0.05) is 35.9 Å². The van der Waals surface area contributed by atoms with Gasteiger partial charge in [0.25, 0.3) is 0 Å². The van der Waals surface area contributed by atoms with Crippen molar-refractivity contribution in [3.8, 4) is 5.75 Å². The van der Waals surface area contributed by atoms with Gasteiger partial charge in [-0.2, -0.15) is 0 Å². The van der Waals surface area contributed by atoms with Gasteiger partial charge in [-0.15, -0.1) is 0 Å². The van der Waals surface area contributed by atoms with E-state index in [9.17, 15) is 9.59 Å². The molecule has 102 valence electrons. The Labute approximate surface area is 122 Å². The first kappa shape index (κ1) is 14.3. The number of aldehydes is 1. The largest absolute Gasteiger partial charge is 0.483 e. The number of rotatable bonds is 5. The quantitative estimate of drug-likeness (QED) is 0.621. The highest BCUT2D eigenvalue weighted by Gasteiger charge is 2.17. The molecule has 0 spiro atoms. The van der Waals surface area contributed by atoms with Crippen LogP contribution in [0.3, 0.4) is 0 Å². The third-order valence-electron chi connectivity index (χ3n) is 2.79. The molecule has 20 heavy (non-hydrogen) atoms. The summed E-state index contributed by atoms with van der Waals surface area (Å²) in [6.07, 6.45) is 0.0754. The fourth-order valence-corrected chi connectivity index (χ4v) is 1.99. The molecule has 4 heteroatoms. The third-order valence-corrected chi connectivity index (χ3v) is 3.02. The molecule has 0 N–H and O–H groups in total. The van der Waals surface area contributed by atoms with Crippen LogP contribution in [0.25, 0.3) is 0 Å². The summed E-state index contributed by atoms with van der Waals surface area (Å²) >= 11 is 5.86. The number of halogens is 1. The van der Waals surface area contributed by atoms with E-state index in [2.05, 4.69) is 0 Å². The van der Waals surface area contributed by atoms with Crippen LogP contribution in [0.4, 0.5) is 0 Å². The number of hydrogen-bond acceptors (Lipinski definition) is 3. The molecule has 2 aromatic carbocycles. The average Bonchev–Trinajstić information content (AvgIpc) is 2.46. The van der Waals surface area contributed by atoms with Crippen LogP contribution in [-0.4, -0.2) is 18.2 Å². The second-order valence-electron chi connectivity index (χ2n) is 4.33. The number of ether oxygens (including phenoxy) is 1. The van der Waals surface area contributed by atoms with Gasteiger partial charge in [-0.25, -0.2) is 0 Å². The van der Waals surface area contributed by atoms with Crippen molar-refractivity contribution in [1.29, 1.82) is 0 Å². The maximum atomic E-state index is 12.2. The zero-order valence-corrected chi connectivity index (χ0v) is 11.6. The van der Waals surface area contributed by atoms with Crippen molar-refractivity contribution in [2.75, 3.05) is 0 Å². The molecule has 0 aromatic heterocycles. The van der Waals surface area contributed by atoms with E-state index in [1.807, 2.05) is 0 Å². The van der Waals surface area contributed by atoms with E-state index in [1.54, 1.807) is 55.5 Å². The van der Waals surface area contributed by atoms with Gasteiger partial charge >= 0.3 is 0 Å². The average molecular weight is 289 g/mol. The Morgan fingerprint density at radius 2 is 1.95 bits per heavy atom. The summed E-state index contributed by atoms with van der Waals surface area (Å²) in [7, 11) is 0. The normalized spacial score (nSPS) is 11.7. The van der Waals surface area contributed by atoms with Gasteiger partial charge in [0.2, 0.25) is 5.78 Å². The van der Waals surface area contributed by atoms with Gasteiger partial charge in [0.05, 0.1) is 0 Å². The van der Waals surface area contributed by atoms with Gasteiger partial charge in [0, 0.05) is 16.1 Å². The van der Waals surface area contributed by atoms with Crippen LogP contribution in [0.15, 0.2) is 48.5 Å². The smallest absolute Gasteiger partial charge is 0.203 e. The fraction of sp³-hybridized carbons (Fsp3) is 0.125. The van der Waals surface area contributed by atoms with E-state index in [0.29, 0.717) is 21.9 Å². The summed E-state index contributed by atoms with van der Waals surface area (Å²) in [5.74, 6) is 0.321. The summed E-state index contributed by atoms with van der Waals surface area (Å²) in [5.41, 5.74) is 1.00. The molecule has 2 aromatic rings. The lowest BCUT2D eigenvalue weighted by molar-refractivity contribution is 0.0818. The molecule has 0 saturated heterocycles. The maximum Gasteiger partial charge on any atom is 0.203 e. The molecule has 0 aliphatic carbocycles. The predicted molar refractivity (Wildman–Crippen MR) is 77.7 cm³/mol. The Morgan fingerprint density at radius 1 is 1.20 bits per heavy atom. The van der Waals surface area contributed by atoms with Gasteiger partial charge < -0.3 is 4.74 Å². The molecule has 0 fully saturated rings. The summed E-state index contributed by atoms with van der Waals surface area (Å²) in [6.45, 7) is 1.66. The van der Waals surface area contributed by atoms with E-state index in [-0.39, 0.29) is 5.78 Å². The van der Waals surface area contributed by atoms with Crippen molar-refractivity contribution in [2.24, 2.45) is 0 Å². The molecule has 0 bridgehead atoms. The standard InChI is InChI=1S/C16H13ClO3/c1-11(16(19)13-5-3-6-14(17)9-13)20-15-7-2-4-12(8-15)10-18/h2-11H,1H3. The number of benzene rings is 2. The zero-order chi connectivity index (χ0) is 14.5. The van der Waals surface area contributed by atoms with Crippen LogP contribution in [0.5, 0.6) is 5.75 Å². The van der Waals surface area contributed by atoms with Crippen molar-refractivity contribution in [3.63, 3.8) is 0 Å². The first-order valence-electron chi connectivity index (χ1n) is 6.12. The van der Waals surface area contributed by atoms with Crippen LogP contribution in [-0.2, 0) is 0 Å². The first-order valence-corrected chi connectivity index (χ1v) is 6.49. The number of hydrogen-bond donors (Lipinski definition) is 0. The van der Waals surface area contributed by atoms with Crippen molar-refractivity contribution in [2.45, 2.75) is 13.0 Å². The molecule has 0 aliphatic heterocycles. The van der Waals surface area contributed by atoms with Crippen molar-refractivity contribution >= 4 is 23.7 Å². The van der Waals surface area contributed by atoms with Gasteiger partial charge in [0.15, 0.2) is 6.10 Å². The SMILES string of the molecule is CC(Oc1cccc(C=O)c1)C(=O)c1cccc(Cl)c1. The topological polar surface area (TPSA) is 43.4 Å². The molecule has 1 atom stereocenters. The van der Waals surface area contributed by atoms with Gasteiger partial charge in [-0.3, -0.25) is 9.59 Å². The highest BCUT2D eigenvalue weighted by atomic mass is 35.5. The Hall–Kier alpha value is -2.13. The molecule has 0 heterocycles. The lowest BCUT2D eigenvalue weighted by atomic mass is 10.1. The molecule has 0 saturated carbocycles. The molecule has 3 nitrogen and oxygen atoms in total. The third kappa shape index (κ3) is 3.45. The lowest BCUT2D eigenvalue weighted by Crippen LogP contribution is -2.23. The summed E-state index contributed by atoms with van der Waals surface area (Å²) in [6, 6.07) is 13.4. The Bertz CT molecular complexity index is 637. The Balaban J connectivity index is 2.13. The lowest BCUT2D eigenvalue weighted by Gasteiger charge is -2.14. The number of carbonyl (C=O) groups excluding carboxylic acids is 2. The van der Waals surface area contributed by atoms with E-state index < -0.39 is 6.10 Å². The fourth-order valence-electron chi connectivity index (χ4n) is 1.80. The van der Waals surface area contributed by atoms with Crippen molar-refractivity contribution < 1.29 is 14.3 Å². The molecule has 0 radical (unpaired) electrons. The minimum Gasteiger partial charge on any atom is -0.483 e. The highest BCUT2D eigenvalue weighted by molar-refractivity contribution is 6.31. The minimum atomic E-state index is -0.657. The van der Waals surface area contributed by atoms with E-state index in [1.165, 1.54) is 0 Å². The van der Waals surface area contributed by atoms with Crippen LogP contribution in [0.1, 0.15) is 27.6 Å². The summed E-state index contributed by atoms with van der Waals surface area (Å²) in [4.78, 5) is 22.9. The maximum absolute atomic E-state index is 12.2. The van der Waals surface area contributed by atoms with Crippen LogP contribution < -0.4 is 4.74 Å². The second-order valence-corrected chi connectivity index (χ2v) is 4.76. The minimum absolute atomic E-state index is 0.163. The molecular formula is C16H13ClO3. The number of ketones is 1.